The van der Waals surface area contributed by atoms with Gasteiger partial charge in [-0.15, -0.1) is 0 Å². The van der Waals surface area contributed by atoms with Gasteiger partial charge in [0.2, 0.25) is 0 Å². The summed E-state index contributed by atoms with van der Waals surface area (Å²) in [6, 6.07) is 9.29. The van der Waals surface area contributed by atoms with Gasteiger partial charge in [0, 0.05) is 0 Å². The maximum Gasteiger partial charge on any atom is 0.0717 e. The molecule has 0 N–H and O–H groups in total. The van der Waals surface area contributed by atoms with E-state index in [1.54, 1.807) is 5.56 Å². The Kier molecular flexibility index (Phi) is 10.2. The first-order valence-electron chi connectivity index (χ1n) is 12.7. The molecular formula is C29H44O. The Morgan fingerprint density at radius 1 is 0.833 bits per heavy atom. The number of rotatable bonds is 10. The zero-order valence-corrected chi connectivity index (χ0v) is 19.5. The van der Waals surface area contributed by atoms with Crippen molar-refractivity contribution in [2.75, 3.05) is 6.61 Å². The zero-order chi connectivity index (χ0) is 21.0. The fraction of sp³-hybridized carbons (Fsp3) is 0.655. The minimum Gasteiger partial charge on any atom is -0.376 e. The summed E-state index contributed by atoms with van der Waals surface area (Å²) in [5.41, 5.74) is 2.86. The van der Waals surface area contributed by atoms with Crippen LogP contribution in [0.3, 0.4) is 0 Å². The topological polar surface area (TPSA) is 9.23 Å². The fourth-order valence-electron chi connectivity index (χ4n) is 5.58. The van der Waals surface area contributed by atoms with Crippen LogP contribution < -0.4 is 0 Å². The third kappa shape index (κ3) is 7.41. The third-order valence-electron chi connectivity index (χ3n) is 7.50. The minimum atomic E-state index is 0.737. The maximum atomic E-state index is 5.77. The molecule has 1 aromatic rings. The van der Waals surface area contributed by atoms with E-state index in [9.17, 15) is 0 Å². The summed E-state index contributed by atoms with van der Waals surface area (Å²) in [5, 5.41) is 0. The van der Waals surface area contributed by atoms with Crippen LogP contribution in [0.4, 0.5) is 0 Å². The molecule has 0 radical (unpaired) electrons. The number of allylic oxidation sites excluding steroid dienone is 3. The van der Waals surface area contributed by atoms with Crippen molar-refractivity contribution in [1.29, 1.82) is 0 Å². The molecule has 1 heteroatoms. The predicted octanol–water partition coefficient (Wildman–Crippen LogP) is 8.61. The highest BCUT2D eigenvalue weighted by atomic mass is 16.5. The molecule has 3 rings (SSSR count). The van der Waals surface area contributed by atoms with Gasteiger partial charge in [-0.1, -0.05) is 61.9 Å². The van der Waals surface area contributed by atoms with Gasteiger partial charge in [-0.2, -0.15) is 0 Å². The standard InChI is InChI=1S/C29H44O/c1-3-5-7-9-24-10-14-26(15-11-24)28-18-20-29(21-19-28)27-16-12-25(13-17-27)23-30-22-8-6-4-2/h4,6-7,9,12-13,16-17,24,26,28-29H,3,5,8,10-11,14-15,18-23H2,1-2H3/b6-4?,9-7+/t24-,26-,28?,29?. The van der Waals surface area contributed by atoms with Crippen LogP contribution in [0.2, 0.25) is 0 Å². The molecule has 0 heterocycles. The van der Waals surface area contributed by atoms with E-state index in [1.807, 2.05) is 0 Å². The SMILES string of the molecule is CC=CCCOCc1ccc(C2CCC([C@H]3CC[C@H](/C=C/CCC)CC3)CC2)cc1. The molecule has 0 amide bonds. The lowest BCUT2D eigenvalue weighted by Gasteiger charge is -2.37. The molecule has 30 heavy (non-hydrogen) atoms. The van der Waals surface area contributed by atoms with Gasteiger partial charge < -0.3 is 4.74 Å². The van der Waals surface area contributed by atoms with Gasteiger partial charge in [-0.3, -0.25) is 0 Å². The molecule has 0 saturated heterocycles. The molecule has 1 aromatic carbocycles. The fourth-order valence-corrected chi connectivity index (χ4v) is 5.58. The Hall–Kier alpha value is -1.34. The Morgan fingerprint density at radius 3 is 2.13 bits per heavy atom. The normalized spacial score (nSPS) is 27.8. The Balaban J connectivity index is 1.37. The first kappa shape index (κ1) is 23.3. The van der Waals surface area contributed by atoms with Gasteiger partial charge in [0.25, 0.3) is 0 Å². The number of hydrogen-bond acceptors (Lipinski definition) is 1. The number of unbranched alkanes of at least 4 members (excludes halogenated alkanes) is 1. The van der Waals surface area contributed by atoms with Gasteiger partial charge in [0.15, 0.2) is 0 Å². The summed E-state index contributed by atoms with van der Waals surface area (Å²) >= 11 is 0. The summed E-state index contributed by atoms with van der Waals surface area (Å²) in [6.07, 6.45) is 24.2. The molecule has 0 spiro atoms. The number of benzene rings is 1. The molecule has 2 aliphatic carbocycles. The van der Waals surface area contributed by atoms with E-state index in [-0.39, 0.29) is 0 Å². The van der Waals surface area contributed by atoms with Gasteiger partial charge in [-0.25, -0.2) is 0 Å². The molecule has 0 bridgehead atoms. The van der Waals surface area contributed by atoms with Gasteiger partial charge in [-0.05, 0) is 106 Å². The smallest absolute Gasteiger partial charge is 0.0717 e. The monoisotopic (exact) mass is 408 g/mol. The molecule has 0 atom stereocenters. The molecule has 0 aromatic heterocycles. The second kappa shape index (κ2) is 13.2. The molecule has 2 fully saturated rings. The lowest BCUT2D eigenvalue weighted by molar-refractivity contribution is 0.125. The zero-order valence-electron chi connectivity index (χ0n) is 19.5. The van der Waals surface area contributed by atoms with Crippen LogP contribution >= 0.6 is 0 Å². The van der Waals surface area contributed by atoms with Crippen molar-refractivity contribution in [3.05, 3.63) is 59.7 Å². The van der Waals surface area contributed by atoms with Crippen LogP contribution in [0.1, 0.15) is 102 Å². The van der Waals surface area contributed by atoms with E-state index in [0.29, 0.717) is 0 Å². The Labute approximate surface area is 186 Å². The lowest BCUT2D eigenvalue weighted by atomic mass is 9.68. The molecule has 1 nitrogen and oxygen atoms in total. The number of hydrogen-bond donors (Lipinski definition) is 0. The summed E-state index contributed by atoms with van der Waals surface area (Å²) in [7, 11) is 0. The van der Waals surface area contributed by atoms with Crippen molar-refractivity contribution >= 4 is 0 Å². The van der Waals surface area contributed by atoms with E-state index in [4.69, 9.17) is 4.74 Å². The van der Waals surface area contributed by atoms with Crippen molar-refractivity contribution in [2.45, 2.75) is 97.0 Å². The van der Waals surface area contributed by atoms with Crippen LogP contribution in [0.5, 0.6) is 0 Å². The summed E-state index contributed by atoms with van der Waals surface area (Å²) < 4.78 is 5.77. The molecule has 2 aliphatic rings. The van der Waals surface area contributed by atoms with E-state index in [0.717, 1.165) is 43.3 Å². The molecule has 166 valence electrons. The van der Waals surface area contributed by atoms with Crippen molar-refractivity contribution in [3.63, 3.8) is 0 Å². The van der Waals surface area contributed by atoms with Gasteiger partial charge in [0.1, 0.15) is 0 Å². The van der Waals surface area contributed by atoms with Crippen LogP contribution in [0.25, 0.3) is 0 Å². The first-order valence-corrected chi connectivity index (χ1v) is 12.7. The van der Waals surface area contributed by atoms with E-state index in [2.05, 4.69) is 62.4 Å². The third-order valence-corrected chi connectivity index (χ3v) is 7.50. The second-order valence-electron chi connectivity index (χ2n) is 9.66. The van der Waals surface area contributed by atoms with Crippen molar-refractivity contribution in [1.82, 2.24) is 0 Å². The van der Waals surface area contributed by atoms with Crippen molar-refractivity contribution in [2.24, 2.45) is 17.8 Å². The lowest BCUT2D eigenvalue weighted by Crippen LogP contribution is -2.25. The van der Waals surface area contributed by atoms with E-state index < -0.39 is 0 Å². The number of ether oxygens (including phenoxy) is 1. The minimum absolute atomic E-state index is 0.737. The van der Waals surface area contributed by atoms with Gasteiger partial charge in [0.05, 0.1) is 13.2 Å². The van der Waals surface area contributed by atoms with E-state index in [1.165, 1.54) is 69.8 Å². The summed E-state index contributed by atoms with van der Waals surface area (Å²) in [5.74, 6) is 3.64. The molecule has 0 unspecified atom stereocenters. The average Bonchev–Trinajstić information content (AvgIpc) is 2.80. The summed E-state index contributed by atoms with van der Waals surface area (Å²) in [6.45, 7) is 5.88. The first-order chi connectivity index (χ1) is 14.8. The largest absolute Gasteiger partial charge is 0.376 e. The van der Waals surface area contributed by atoms with Crippen molar-refractivity contribution in [3.8, 4) is 0 Å². The quantitative estimate of drug-likeness (QED) is 0.278. The highest BCUT2D eigenvalue weighted by molar-refractivity contribution is 5.25. The van der Waals surface area contributed by atoms with Crippen LogP contribution in [-0.2, 0) is 11.3 Å². The van der Waals surface area contributed by atoms with Gasteiger partial charge >= 0.3 is 0 Å². The highest BCUT2D eigenvalue weighted by Crippen LogP contribution is 2.44. The van der Waals surface area contributed by atoms with E-state index >= 15 is 0 Å². The summed E-state index contributed by atoms with van der Waals surface area (Å²) in [4.78, 5) is 0. The highest BCUT2D eigenvalue weighted by Gasteiger charge is 2.30. The molecular weight excluding hydrogens is 364 g/mol. The maximum absolute atomic E-state index is 5.77. The van der Waals surface area contributed by atoms with Crippen LogP contribution in [-0.4, -0.2) is 6.61 Å². The molecule has 0 aliphatic heterocycles. The Bertz CT molecular complexity index is 625. The predicted molar refractivity (Wildman–Crippen MR) is 130 cm³/mol. The molecule has 2 saturated carbocycles. The average molecular weight is 409 g/mol. The van der Waals surface area contributed by atoms with Crippen molar-refractivity contribution < 1.29 is 4.74 Å². The van der Waals surface area contributed by atoms with Crippen LogP contribution in [0.15, 0.2) is 48.6 Å². The Morgan fingerprint density at radius 2 is 1.50 bits per heavy atom. The second-order valence-corrected chi connectivity index (χ2v) is 9.66. The van der Waals surface area contributed by atoms with Crippen LogP contribution in [0, 0.1) is 17.8 Å².